The second kappa shape index (κ2) is 5.91. The summed E-state index contributed by atoms with van der Waals surface area (Å²) in [5.41, 5.74) is 3.62. The van der Waals surface area contributed by atoms with E-state index in [4.69, 9.17) is 14.9 Å². The van der Waals surface area contributed by atoms with Gasteiger partial charge in [-0.15, -0.1) is 0 Å². The van der Waals surface area contributed by atoms with Gasteiger partial charge in [-0.1, -0.05) is 12.1 Å². The third-order valence-corrected chi connectivity index (χ3v) is 4.97. The summed E-state index contributed by atoms with van der Waals surface area (Å²) in [5.74, 6) is 1.53. The van der Waals surface area contributed by atoms with Crippen LogP contribution < -0.4 is 0 Å². The molecule has 0 radical (unpaired) electrons. The molecule has 0 N–H and O–H groups in total. The van der Waals surface area contributed by atoms with Crippen molar-refractivity contribution >= 4 is 5.71 Å². The Morgan fingerprint density at radius 3 is 2.42 bits per heavy atom. The van der Waals surface area contributed by atoms with Gasteiger partial charge in [-0.05, 0) is 43.9 Å². The largest absolute Gasteiger partial charge is 0.442 e. The molecule has 1 fully saturated rings. The van der Waals surface area contributed by atoms with Crippen LogP contribution in [0, 0.1) is 28.6 Å². The normalized spacial score (nSPS) is 20.6. The summed E-state index contributed by atoms with van der Waals surface area (Å²) in [7, 11) is 0. The van der Waals surface area contributed by atoms with Crippen molar-refractivity contribution < 1.29 is 4.42 Å². The van der Waals surface area contributed by atoms with Gasteiger partial charge in [0.05, 0.1) is 23.4 Å². The van der Waals surface area contributed by atoms with Gasteiger partial charge in [-0.25, -0.2) is 0 Å². The lowest BCUT2D eigenvalue weighted by atomic mass is 9.80. The van der Waals surface area contributed by atoms with Crippen molar-refractivity contribution in [1.82, 2.24) is 4.40 Å². The number of hydrogen-bond acceptors (Lipinski definition) is 3. The minimum Gasteiger partial charge on any atom is -0.442 e. The van der Waals surface area contributed by atoms with E-state index in [0.717, 1.165) is 48.4 Å². The summed E-state index contributed by atoms with van der Waals surface area (Å²) in [6.07, 6.45) is 5.85. The molecule has 0 bridgehead atoms. The molecule has 2 heterocycles. The standard InChI is InChI=1S/C20H17N3O/c21-12-14-3-7-16(8-4-14)19-20(24-18-2-1-11-23(18)19)17-9-5-15(13-22)6-10-17/h1-4,7-8,11,15,17H,5-6,9-10H2. The van der Waals surface area contributed by atoms with Gasteiger partial charge in [-0.3, -0.25) is 4.40 Å². The Morgan fingerprint density at radius 1 is 1.00 bits per heavy atom. The van der Waals surface area contributed by atoms with Crippen LogP contribution in [-0.4, -0.2) is 4.40 Å². The maximum Gasteiger partial charge on any atom is 0.204 e. The van der Waals surface area contributed by atoms with Crippen LogP contribution in [0.4, 0.5) is 0 Å². The fourth-order valence-electron chi connectivity index (χ4n) is 3.66. The molecule has 0 saturated heterocycles. The van der Waals surface area contributed by atoms with E-state index in [1.807, 2.05) is 42.6 Å². The molecule has 3 aromatic rings. The molecule has 1 saturated carbocycles. The third-order valence-electron chi connectivity index (χ3n) is 4.97. The predicted octanol–water partition coefficient (Wildman–Crippen LogP) is 4.87. The zero-order valence-electron chi connectivity index (χ0n) is 13.3. The molecule has 0 aliphatic heterocycles. The van der Waals surface area contributed by atoms with Crippen LogP contribution >= 0.6 is 0 Å². The second-order valence-corrected chi connectivity index (χ2v) is 6.40. The van der Waals surface area contributed by atoms with Crippen molar-refractivity contribution in [2.75, 3.05) is 0 Å². The van der Waals surface area contributed by atoms with E-state index in [1.165, 1.54) is 0 Å². The van der Waals surface area contributed by atoms with E-state index in [0.29, 0.717) is 11.5 Å². The Morgan fingerprint density at radius 2 is 1.75 bits per heavy atom. The molecule has 0 unspecified atom stereocenters. The number of benzene rings is 1. The SMILES string of the molecule is N#Cc1ccc(-c2c(C3CCC(C#N)CC3)oc3cccn23)cc1. The van der Waals surface area contributed by atoms with Crippen LogP contribution in [0.1, 0.15) is 42.9 Å². The molecule has 0 spiro atoms. The van der Waals surface area contributed by atoms with Crippen molar-refractivity contribution in [2.45, 2.75) is 31.6 Å². The first-order valence-corrected chi connectivity index (χ1v) is 8.30. The van der Waals surface area contributed by atoms with E-state index >= 15 is 0 Å². The fraction of sp³-hybridized carbons (Fsp3) is 0.300. The van der Waals surface area contributed by atoms with E-state index in [9.17, 15) is 0 Å². The molecular formula is C20H17N3O. The highest BCUT2D eigenvalue weighted by atomic mass is 16.4. The van der Waals surface area contributed by atoms with Crippen LogP contribution in [0.5, 0.6) is 0 Å². The van der Waals surface area contributed by atoms with Crippen molar-refractivity contribution in [3.63, 3.8) is 0 Å². The Kier molecular flexibility index (Phi) is 3.59. The zero-order chi connectivity index (χ0) is 16.5. The van der Waals surface area contributed by atoms with Gasteiger partial charge in [0.25, 0.3) is 0 Å². The molecule has 4 nitrogen and oxygen atoms in total. The van der Waals surface area contributed by atoms with Crippen LogP contribution in [0.15, 0.2) is 47.0 Å². The second-order valence-electron chi connectivity index (χ2n) is 6.40. The summed E-state index contributed by atoms with van der Waals surface area (Å²) in [5, 5.41) is 18.1. The molecule has 4 heteroatoms. The Balaban J connectivity index is 1.77. The summed E-state index contributed by atoms with van der Waals surface area (Å²) in [6.45, 7) is 0. The number of aromatic nitrogens is 1. The zero-order valence-corrected chi connectivity index (χ0v) is 13.3. The molecular weight excluding hydrogens is 298 g/mol. The fourth-order valence-corrected chi connectivity index (χ4v) is 3.66. The minimum absolute atomic E-state index is 0.181. The van der Waals surface area contributed by atoms with E-state index in [1.54, 1.807) is 0 Å². The number of nitriles is 2. The smallest absolute Gasteiger partial charge is 0.204 e. The van der Waals surface area contributed by atoms with Gasteiger partial charge in [0.15, 0.2) is 0 Å². The van der Waals surface area contributed by atoms with Gasteiger partial charge in [0, 0.05) is 29.7 Å². The number of oxazole rings is 1. The summed E-state index contributed by atoms with van der Waals surface area (Å²) < 4.78 is 8.25. The molecule has 24 heavy (non-hydrogen) atoms. The highest BCUT2D eigenvalue weighted by Gasteiger charge is 2.28. The number of nitrogens with zero attached hydrogens (tertiary/aromatic N) is 3. The molecule has 1 aromatic carbocycles. The average molecular weight is 315 g/mol. The molecule has 1 aliphatic rings. The predicted molar refractivity (Wildman–Crippen MR) is 90.1 cm³/mol. The topological polar surface area (TPSA) is 65.1 Å². The van der Waals surface area contributed by atoms with Gasteiger partial charge < -0.3 is 4.42 Å². The summed E-state index contributed by atoms with van der Waals surface area (Å²) >= 11 is 0. The lowest BCUT2D eigenvalue weighted by Gasteiger charge is -2.23. The number of fused-ring (bicyclic) bond motifs is 1. The molecule has 2 aromatic heterocycles. The molecule has 1 aliphatic carbocycles. The van der Waals surface area contributed by atoms with Crippen molar-refractivity contribution in [1.29, 1.82) is 10.5 Å². The van der Waals surface area contributed by atoms with E-state index in [2.05, 4.69) is 16.5 Å². The summed E-state index contributed by atoms with van der Waals surface area (Å²) in [6, 6.07) is 16.1. The molecule has 0 amide bonds. The van der Waals surface area contributed by atoms with E-state index < -0.39 is 0 Å². The minimum atomic E-state index is 0.181. The van der Waals surface area contributed by atoms with Gasteiger partial charge >= 0.3 is 0 Å². The number of rotatable bonds is 2. The van der Waals surface area contributed by atoms with Crippen molar-refractivity contribution in [2.24, 2.45) is 5.92 Å². The van der Waals surface area contributed by atoms with Crippen molar-refractivity contribution in [3.8, 4) is 23.4 Å². The lowest BCUT2D eigenvalue weighted by Crippen LogP contribution is -2.12. The van der Waals surface area contributed by atoms with Crippen LogP contribution in [0.2, 0.25) is 0 Å². The van der Waals surface area contributed by atoms with E-state index in [-0.39, 0.29) is 5.92 Å². The Bertz CT molecular complexity index is 942. The molecule has 0 atom stereocenters. The summed E-state index contributed by atoms with van der Waals surface area (Å²) in [4.78, 5) is 0. The van der Waals surface area contributed by atoms with Crippen LogP contribution in [0.3, 0.4) is 0 Å². The first kappa shape index (κ1) is 14.6. The van der Waals surface area contributed by atoms with Crippen molar-refractivity contribution in [3.05, 3.63) is 53.9 Å². The number of hydrogen-bond donors (Lipinski definition) is 0. The van der Waals surface area contributed by atoms with Crippen LogP contribution in [0.25, 0.3) is 17.0 Å². The first-order chi connectivity index (χ1) is 11.8. The highest BCUT2D eigenvalue weighted by Crippen LogP contribution is 2.41. The van der Waals surface area contributed by atoms with Gasteiger partial charge in [0.2, 0.25) is 5.71 Å². The molecule has 4 rings (SSSR count). The monoisotopic (exact) mass is 315 g/mol. The molecule has 118 valence electrons. The van der Waals surface area contributed by atoms with Crippen LogP contribution in [-0.2, 0) is 0 Å². The Labute approximate surface area is 140 Å². The quantitative estimate of drug-likeness (QED) is 0.677. The van der Waals surface area contributed by atoms with Gasteiger partial charge in [0.1, 0.15) is 5.76 Å². The third kappa shape index (κ3) is 2.37. The maximum atomic E-state index is 9.11. The average Bonchev–Trinajstić information content (AvgIpc) is 3.23. The van der Waals surface area contributed by atoms with Gasteiger partial charge in [-0.2, -0.15) is 10.5 Å². The maximum absolute atomic E-state index is 9.11. The lowest BCUT2D eigenvalue weighted by molar-refractivity contribution is 0.345. The Hall–Kier alpha value is -2.98. The first-order valence-electron chi connectivity index (χ1n) is 8.30. The highest BCUT2D eigenvalue weighted by molar-refractivity contribution is 5.67.